The molecule has 0 unspecified atom stereocenters. The lowest BCUT2D eigenvalue weighted by Gasteiger charge is -2.42. The van der Waals surface area contributed by atoms with Crippen LogP contribution in [0.25, 0.3) is 0 Å². The molecule has 26 heavy (non-hydrogen) atoms. The van der Waals surface area contributed by atoms with Crippen molar-refractivity contribution in [3.8, 4) is 0 Å². The molecule has 0 saturated carbocycles. The van der Waals surface area contributed by atoms with E-state index < -0.39 is 0 Å². The lowest BCUT2D eigenvalue weighted by atomic mass is 9.63. The number of pyridine rings is 1. The highest BCUT2D eigenvalue weighted by atomic mass is 32.2. The van der Waals surface area contributed by atoms with E-state index in [1.165, 1.54) is 41.5 Å². The van der Waals surface area contributed by atoms with Crippen LogP contribution in [0, 0.1) is 6.92 Å². The van der Waals surface area contributed by atoms with Gasteiger partial charge >= 0.3 is 5.97 Å². The summed E-state index contributed by atoms with van der Waals surface area (Å²) in [6, 6.07) is 8.36. The number of benzene rings is 1. The Hall–Kier alpha value is -1.81. The summed E-state index contributed by atoms with van der Waals surface area (Å²) in [4.78, 5) is 17.2. The van der Waals surface area contributed by atoms with Crippen LogP contribution < -0.4 is 0 Å². The van der Waals surface area contributed by atoms with Crippen LogP contribution in [0.1, 0.15) is 67.6 Å². The largest absolute Gasteiger partial charge is 0.465 e. The normalized spacial score (nSPS) is 17.5. The number of hydrogen-bond acceptors (Lipinski definition) is 4. The van der Waals surface area contributed by atoms with E-state index in [0.29, 0.717) is 5.56 Å². The molecular weight excluding hydrogens is 342 g/mol. The Morgan fingerprint density at radius 1 is 1.08 bits per heavy atom. The third-order valence-electron chi connectivity index (χ3n) is 5.52. The van der Waals surface area contributed by atoms with Gasteiger partial charge in [0, 0.05) is 11.1 Å². The first-order valence-corrected chi connectivity index (χ1v) is 9.83. The van der Waals surface area contributed by atoms with Crippen molar-refractivity contribution in [2.45, 2.75) is 68.2 Å². The van der Waals surface area contributed by atoms with Crippen LogP contribution in [0.2, 0.25) is 0 Å². The first-order chi connectivity index (χ1) is 12.1. The molecular formula is C22H27NO2S. The van der Waals surface area contributed by atoms with Gasteiger partial charge in [0.25, 0.3) is 0 Å². The highest BCUT2D eigenvalue weighted by Crippen LogP contribution is 2.47. The molecule has 138 valence electrons. The number of fused-ring (bicyclic) bond motifs is 1. The molecule has 0 N–H and O–H groups in total. The van der Waals surface area contributed by atoms with Crippen LogP contribution in [0.5, 0.6) is 0 Å². The van der Waals surface area contributed by atoms with Crippen molar-refractivity contribution >= 4 is 17.7 Å². The molecule has 4 heteroatoms. The molecule has 0 amide bonds. The fourth-order valence-corrected chi connectivity index (χ4v) is 4.47. The third-order valence-corrected chi connectivity index (χ3v) is 6.63. The van der Waals surface area contributed by atoms with Crippen LogP contribution >= 0.6 is 11.8 Å². The Bertz CT molecular complexity index is 838. The summed E-state index contributed by atoms with van der Waals surface area (Å²) in [5, 5.41) is 0.883. The van der Waals surface area contributed by atoms with Crippen molar-refractivity contribution in [1.82, 2.24) is 4.98 Å². The third kappa shape index (κ3) is 3.52. The number of methoxy groups -OCH3 is 1. The molecule has 0 saturated heterocycles. The number of esters is 1. The first-order valence-electron chi connectivity index (χ1n) is 9.02. The lowest BCUT2D eigenvalue weighted by molar-refractivity contribution is 0.0600. The average molecular weight is 370 g/mol. The summed E-state index contributed by atoms with van der Waals surface area (Å²) in [6.07, 6.45) is 4.00. The summed E-state index contributed by atoms with van der Waals surface area (Å²) in [5.74, 6) is -0.358. The molecule has 0 atom stereocenters. The Kier molecular flexibility index (Phi) is 4.91. The molecule has 1 aromatic carbocycles. The van der Waals surface area contributed by atoms with Gasteiger partial charge < -0.3 is 4.74 Å². The zero-order valence-corrected chi connectivity index (χ0v) is 17.3. The summed E-state index contributed by atoms with van der Waals surface area (Å²) in [7, 11) is 1.38. The van der Waals surface area contributed by atoms with E-state index in [1.807, 2.05) is 6.07 Å². The van der Waals surface area contributed by atoms with Crippen molar-refractivity contribution in [2.75, 3.05) is 7.11 Å². The molecule has 0 aliphatic heterocycles. The van der Waals surface area contributed by atoms with Crippen LogP contribution in [0.4, 0.5) is 0 Å². The number of aromatic nitrogens is 1. The van der Waals surface area contributed by atoms with E-state index in [-0.39, 0.29) is 16.8 Å². The van der Waals surface area contributed by atoms with Gasteiger partial charge in [-0.1, -0.05) is 45.5 Å². The lowest BCUT2D eigenvalue weighted by Crippen LogP contribution is -2.34. The second kappa shape index (κ2) is 6.73. The van der Waals surface area contributed by atoms with Gasteiger partial charge in [-0.05, 0) is 65.5 Å². The molecule has 3 rings (SSSR count). The van der Waals surface area contributed by atoms with Gasteiger partial charge in [0.1, 0.15) is 5.03 Å². The van der Waals surface area contributed by atoms with Crippen molar-refractivity contribution in [1.29, 1.82) is 0 Å². The van der Waals surface area contributed by atoms with E-state index >= 15 is 0 Å². The number of hydrogen-bond donors (Lipinski definition) is 0. The molecule has 1 aliphatic rings. The van der Waals surface area contributed by atoms with Crippen molar-refractivity contribution in [2.24, 2.45) is 0 Å². The number of aryl methyl sites for hydroxylation is 1. The van der Waals surface area contributed by atoms with Crippen molar-refractivity contribution in [3.05, 3.63) is 52.7 Å². The molecule has 0 fully saturated rings. The smallest absolute Gasteiger partial charge is 0.339 e. The van der Waals surface area contributed by atoms with Crippen molar-refractivity contribution < 1.29 is 9.53 Å². The Balaban J connectivity index is 1.96. The fourth-order valence-electron chi connectivity index (χ4n) is 3.60. The van der Waals surface area contributed by atoms with Gasteiger partial charge in [0.05, 0.1) is 12.7 Å². The quantitative estimate of drug-likeness (QED) is 0.653. The van der Waals surface area contributed by atoms with E-state index in [2.05, 4.69) is 51.7 Å². The van der Waals surface area contributed by atoms with Gasteiger partial charge in [-0.15, -0.1) is 0 Å². The van der Waals surface area contributed by atoms with Gasteiger partial charge in [0.2, 0.25) is 0 Å². The highest BCUT2D eigenvalue weighted by Gasteiger charge is 2.37. The minimum atomic E-state index is -0.358. The molecule has 0 radical (unpaired) electrons. The Morgan fingerprint density at radius 2 is 1.69 bits per heavy atom. The molecule has 1 aromatic heterocycles. The molecule has 0 spiro atoms. The predicted molar refractivity (Wildman–Crippen MR) is 106 cm³/mol. The second-order valence-corrected chi connectivity index (χ2v) is 9.47. The first kappa shape index (κ1) is 19.0. The fraction of sp³-hybridized carbons (Fsp3) is 0.455. The van der Waals surface area contributed by atoms with Crippen LogP contribution in [-0.4, -0.2) is 18.1 Å². The topological polar surface area (TPSA) is 39.2 Å². The zero-order chi connectivity index (χ0) is 19.1. The predicted octanol–water partition coefficient (Wildman–Crippen LogP) is 5.68. The summed E-state index contributed by atoms with van der Waals surface area (Å²) in [6.45, 7) is 11.5. The number of carbonyl (C=O) groups is 1. The summed E-state index contributed by atoms with van der Waals surface area (Å²) < 4.78 is 4.73. The minimum Gasteiger partial charge on any atom is -0.465 e. The zero-order valence-electron chi connectivity index (χ0n) is 16.5. The van der Waals surface area contributed by atoms with Crippen LogP contribution in [-0.2, 0) is 15.6 Å². The summed E-state index contributed by atoms with van der Waals surface area (Å²) in [5.41, 5.74) is 5.09. The molecule has 3 nitrogen and oxygen atoms in total. The summed E-state index contributed by atoms with van der Waals surface area (Å²) >= 11 is 1.65. The Morgan fingerprint density at radius 3 is 2.23 bits per heavy atom. The van der Waals surface area contributed by atoms with E-state index in [4.69, 9.17) is 4.74 Å². The van der Waals surface area contributed by atoms with E-state index in [0.717, 1.165) is 5.03 Å². The molecule has 2 aromatic rings. The maximum absolute atomic E-state index is 11.6. The number of carbonyl (C=O) groups excluding carboxylic acids is 1. The second-order valence-electron chi connectivity index (χ2n) is 8.41. The van der Waals surface area contributed by atoms with Gasteiger partial charge in [0.15, 0.2) is 0 Å². The molecule has 1 heterocycles. The molecule has 0 bridgehead atoms. The maximum Gasteiger partial charge on any atom is 0.339 e. The maximum atomic E-state index is 11.6. The average Bonchev–Trinajstić information content (AvgIpc) is 2.60. The Labute approximate surface area is 160 Å². The minimum absolute atomic E-state index is 0.191. The number of ether oxygens (including phenoxy) is 1. The molecule has 1 aliphatic carbocycles. The van der Waals surface area contributed by atoms with Gasteiger partial charge in [-0.25, -0.2) is 9.78 Å². The SMILES string of the molecule is COC(=O)c1ccc(Sc2cc3c(cc2C)C(C)(C)CCC3(C)C)nc1. The van der Waals surface area contributed by atoms with E-state index in [9.17, 15) is 4.79 Å². The van der Waals surface area contributed by atoms with Gasteiger partial charge in [-0.2, -0.15) is 0 Å². The number of nitrogens with zero attached hydrogens (tertiary/aromatic N) is 1. The van der Waals surface area contributed by atoms with Crippen LogP contribution in [0.15, 0.2) is 40.4 Å². The van der Waals surface area contributed by atoms with Crippen LogP contribution in [0.3, 0.4) is 0 Å². The standard InChI is InChI=1S/C22H27NO2S/c1-14-11-16-17(22(4,5)10-9-21(16,2)3)12-18(14)26-19-8-7-15(13-23-19)20(24)25-6/h7-8,11-13H,9-10H2,1-6H3. The van der Waals surface area contributed by atoms with Crippen molar-refractivity contribution in [3.63, 3.8) is 0 Å². The monoisotopic (exact) mass is 369 g/mol. The highest BCUT2D eigenvalue weighted by molar-refractivity contribution is 7.99. The van der Waals surface area contributed by atoms with Gasteiger partial charge in [-0.3, -0.25) is 0 Å². The number of rotatable bonds is 3. The van der Waals surface area contributed by atoms with E-state index in [1.54, 1.807) is 24.0 Å².